The minimum Gasteiger partial charge on any atom is -0.480 e. The summed E-state index contributed by atoms with van der Waals surface area (Å²) in [7, 11) is 0. The van der Waals surface area contributed by atoms with E-state index in [4.69, 9.17) is 11.6 Å². The van der Waals surface area contributed by atoms with Crippen molar-refractivity contribution in [3.63, 3.8) is 0 Å². The van der Waals surface area contributed by atoms with Crippen molar-refractivity contribution in [1.82, 2.24) is 10.3 Å². The van der Waals surface area contributed by atoms with E-state index < -0.39 is 11.5 Å². The normalized spacial score (nSPS) is 15.8. The number of carboxylic acid groups (broad SMARTS) is 1. The molecule has 1 aliphatic rings. The van der Waals surface area contributed by atoms with Crippen LogP contribution >= 0.6 is 11.6 Å². The minimum atomic E-state index is -1.31. The topological polar surface area (TPSA) is 79.3 Å². The summed E-state index contributed by atoms with van der Waals surface area (Å²) >= 11 is 6.10. The average molecular weight is 347 g/mol. The SMILES string of the molecule is CCC(C)(NC(=O)c1c2c(nc3ccc(Cl)cc13)CCC2)C(=O)O. The number of carboxylic acids is 1. The van der Waals surface area contributed by atoms with Gasteiger partial charge in [-0.25, -0.2) is 4.79 Å². The van der Waals surface area contributed by atoms with E-state index in [1.807, 2.05) is 0 Å². The monoisotopic (exact) mass is 346 g/mol. The highest BCUT2D eigenvalue weighted by molar-refractivity contribution is 6.31. The molecule has 1 aliphatic carbocycles. The molecule has 0 bridgehead atoms. The molecule has 1 aromatic carbocycles. The quantitative estimate of drug-likeness (QED) is 0.889. The Kier molecular flexibility index (Phi) is 4.22. The second-order valence-electron chi connectivity index (χ2n) is 6.37. The molecule has 2 N–H and O–H groups in total. The predicted molar refractivity (Wildman–Crippen MR) is 92.6 cm³/mol. The number of aryl methyl sites for hydroxylation is 1. The van der Waals surface area contributed by atoms with Gasteiger partial charge in [0.2, 0.25) is 0 Å². The number of fused-ring (bicyclic) bond motifs is 2. The van der Waals surface area contributed by atoms with Gasteiger partial charge in [0, 0.05) is 16.1 Å². The molecule has 1 amide bonds. The third-order valence-corrected chi connectivity index (χ3v) is 5.00. The van der Waals surface area contributed by atoms with Gasteiger partial charge in [0.25, 0.3) is 5.91 Å². The first-order valence-electron chi connectivity index (χ1n) is 8.02. The first-order valence-corrected chi connectivity index (χ1v) is 8.40. The summed E-state index contributed by atoms with van der Waals surface area (Å²) in [6.45, 7) is 3.25. The first kappa shape index (κ1) is 16.7. The van der Waals surface area contributed by atoms with Crippen LogP contribution in [0.25, 0.3) is 10.9 Å². The summed E-state index contributed by atoms with van der Waals surface area (Å²) in [5, 5.41) is 13.3. The smallest absolute Gasteiger partial charge is 0.329 e. The molecule has 0 saturated heterocycles. The van der Waals surface area contributed by atoms with Crippen LogP contribution in [0.5, 0.6) is 0 Å². The number of carbonyl (C=O) groups excluding carboxylic acids is 1. The van der Waals surface area contributed by atoms with Crippen LogP contribution < -0.4 is 5.32 Å². The van der Waals surface area contributed by atoms with Gasteiger partial charge >= 0.3 is 5.97 Å². The van der Waals surface area contributed by atoms with Gasteiger partial charge in [0.05, 0.1) is 11.1 Å². The van der Waals surface area contributed by atoms with E-state index in [1.54, 1.807) is 25.1 Å². The molecule has 1 aromatic heterocycles. The summed E-state index contributed by atoms with van der Waals surface area (Å²) in [6.07, 6.45) is 2.83. The van der Waals surface area contributed by atoms with Gasteiger partial charge in [-0.2, -0.15) is 0 Å². The van der Waals surface area contributed by atoms with Crippen molar-refractivity contribution in [2.45, 2.75) is 45.1 Å². The van der Waals surface area contributed by atoms with Gasteiger partial charge in [-0.1, -0.05) is 18.5 Å². The van der Waals surface area contributed by atoms with Crippen LogP contribution in [0.4, 0.5) is 0 Å². The number of aliphatic carboxylic acids is 1. The summed E-state index contributed by atoms with van der Waals surface area (Å²) in [5.74, 6) is -1.43. The van der Waals surface area contributed by atoms with Gasteiger partial charge in [-0.15, -0.1) is 0 Å². The second kappa shape index (κ2) is 6.06. The second-order valence-corrected chi connectivity index (χ2v) is 6.81. The molecule has 3 rings (SSSR count). The summed E-state index contributed by atoms with van der Waals surface area (Å²) in [6, 6.07) is 5.26. The highest BCUT2D eigenvalue weighted by Crippen LogP contribution is 2.31. The van der Waals surface area contributed by atoms with Crippen LogP contribution in [0, 0.1) is 0 Å². The van der Waals surface area contributed by atoms with Crippen molar-refractivity contribution in [2.75, 3.05) is 0 Å². The number of benzene rings is 1. The maximum Gasteiger partial charge on any atom is 0.329 e. The van der Waals surface area contributed by atoms with Crippen LogP contribution in [0.2, 0.25) is 5.02 Å². The van der Waals surface area contributed by atoms with Gasteiger partial charge < -0.3 is 10.4 Å². The van der Waals surface area contributed by atoms with Crippen LogP contribution in [0.15, 0.2) is 18.2 Å². The third-order valence-electron chi connectivity index (χ3n) is 4.77. The average Bonchev–Trinajstić information content (AvgIpc) is 2.99. The molecule has 2 aromatic rings. The maximum atomic E-state index is 13.0. The fraction of sp³-hybridized carbons (Fsp3) is 0.389. The summed E-state index contributed by atoms with van der Waals surface area (Å²) in [4.78, 5) is 29.1. The Bertz CT molecular complexity index is 850. The molecule has 5 nitrogen and oxygen atoms in total. The molecule has 0 saturated carbocycles. The first-order chi connectivity index (χ1) is 11.4. The molecule has 6 heteroatoms. The fourth-order valence-electron chi connectivity index (χ4n) is 3.10. The molecule has 0 aliphatic heterocycles. The van der Waals surface area contributed by atoms with Crippen molar-refractivity contribution in [3.8, 4) is 0 Å². The zero-order chi connectivity index (χ0) is 17.5. The van der Waals surface area contributed by atoms with Gasteiger partial charge in [0.15, 0.2) is 0 Å². The Morgan fingerprint density at radius 2 is 2.12 bits per heavy atom. The Balaban J connectivity index is 2.16. The van der Waals surface area contributed by atoms with E-state index in [1.165, 1.54) is 6.92 Å². The molecule has 1 heterocycles. The van der Waals surface area contributed by atoms with E-state index in [0.717, 1.165) is 30.5 Å². The van der Waals surface area contributed by atoms with Gasteiger partial charge in [0.1, 0.15) is 5.54 Å². The number of hydrogen-bond donors (Lipinski definition) is 2. The zero-order valence-corrected chi connectivity index (χ0v) is 14.4. The third kappa shape index (κ3) is 2.73. The molecule has 1 unspecified atom stereocenters. The van der Waals surface area contributed by atoms with Crippen LogP contribution in [0.1, 0.15) is 48.3 Å². The van der Waals surface area contributed by atoms with Crippen molar-refractivity contribution in [3.05, 3.63) is 40.0 Å². The van der Waals surface area contributed by atoms with Crippen LogP contribution in [-0.4, -0.2) is 27.5 Å². The standard InChI is InChI=1S/C18H19ClN2O3/c1-3-18(2,17(23)24)21-16(22)15-11-5-4-6-13(11)20-14-8-7-10(19)9-12(14)15/h7-9H,3-6H2,1-2H3,(H,21,22)(H,23,24). The highest BCUT2D eigenvalue weighted by atomic mass is 35.5. The molecule has 0 radical (unpaired) electrons. The highest BCUT2D eigenvalue weighted by Gasteiger charge is 2.35. The van der Waals surface area contributed by atoms with Gasteiger partial charge in [-0.05, 0) is 56.4 Å². The lowest BCUT2D eigenvalue weighted by molar-refractivity contribution is -0.143. The fourth-order valence-corrected chi connectivity index (χ4v) is 3.27. The number of halogens is 1. The number of amides is 1. The Labute approximate surface area is 145 Å². The Morgan fingerprint density at radius 3 is 2.79 bits per heavy atom. The van der Waals surface area contributed by atoms with E-state index in [9.17, 15) is 14.7 Å². The molecular weight excluding hydrogens is 328 g/mol. The molecule has 1 atom stereocenters. The number of pyridine rings is 1. The number of nitrogens with one attached hydrogen (secondary N) is 1. The molecule has 24 heavy (non-hydrogen) atoms. The predicted octanol–water partition coefficient (Wildman–Crippen LogP) is 3.36. The number of hydrogen-bond acceptors (Lipinski definition) is 3. The Morgan fingerprint density at radius 1 is 1.38 bits per heavy atom. The lowest BCUT2D eigenvalue weighted by atomic mass is 9.96. The number of rotatable bonds is 4. The lowest BCUT2D eigenvalue weighted by Gasteiger charge is -2.25. The largest absolute Gasteiger partial charge is 0.480 e. The number of carbonyl (C=O) groups is 2. The number of aromatic nitrogens is 1. The molecule has 0 spiro atoms. The van der Waals surface area contributed by atoms with Crippen molar-refractivity contribution >= 4 is 34.4 Å². The van der Waals surface area contributed by atoms with E-state index >= 15 is 0 Å². The van der Waals surface area contributed by atoms with Crippen molar-refractivity contribution in [1.29, 1.82) is 0 Å². The van der Waals surface area contributed by atoms with E-state index in [-0.39, 0.29) is 5.91 Å². The molecule has 0 fully saturated rings. The molecule has 126 valence electrons. The Hall–Kier alpha value is -2.14. The van der Waals surface area contributed by atoms with E-state index in [2.05, 4.69) is 10.3 Å². The van der Waals surface area contributed by atoms with Crippen LogP contribution in [0.3, 0.4) is 0 Å². The minimum absolute atomic E-state index is 0.292. The summed E-state index contributed by atoms with van der Waals surface area (Å²) < 4.78 is 0. The lowest BCUT2D eigenvalue weighted by Crippen LogP contribution is -2.51. The maximum absolute atomic E-state index is 13.0. The zero-order valence-electron chi connectivity index (χ0n) is 13.6. The van der Waals surface area contributed by atoms with Gasteiger partial charge in [-0.3, -0.25) is 9.78 Å². The molecular formula is C18H19ClN2O3. The van der Waals surface area contributed by atoms with E-state index in [0.29, 0.717) is 27.9 Å². The van der Waals surface area contributed by atoms with Crippen molar-refractivity contribution in [2.24, 2.45) is 0 Å². The van der Waals surface area contributed by atoms with Crippen LogP contribution in [-0.2, 0) is 17.6 Å². The van der Waals surface area contributed by atoms with Crippen molar-refractivity contribution < 1.29 is 14.7 Å². The number of nitrogens with zero attached hydrogens (tertiary/aromatic N) is 1. The summed E-state index contributed by atoms with van der Waals surface area (Å²) in [5.41, 5.74) is 1.74.